The number of carbonyl (C=O) groups is 2. The van der Waals surface area contributed by atoms with E-state index in [2.05, 4.69) is 0 Å². The zero-order chi connectivity index (χ0) is 15.8. The van der Waals surface area contributed by atoms with Crippen LogP contribution in [0.1, 0.15) is 6.92 Å². The second kappa shape index (κ2) is 5.27. The Morgan fingerprint density at radius 3 is 2.62 bits per heavy atom. The van der Waals surface area contributed by atoms with Crippen molar-refractivity contribution < 1.29 is 22.8 Å². The molecule has 1 aliphatic rings. The van der Waals surface area contributed by atoms with Gasteiger partial charge in [0, 0.05) is 24.0 Å². The van der Waals surface area contributed by atoms with Gasteiger partial charge in [0.15, 0.2) is 0 Å². The van der Waals surface area contributed by atoms with Crippen LogP contribution in [0.2, 0.25) is 0 Å². The lowest BCUT2D eigenvalue weighted by Gasteiger charge is -2.39. The van der Waals surface area contributed by atoms with Gasteiger partial charge in [0.2, 0.25) is 5.91 Å². The standard InChI is InChI=1S/C13H14F3N3O2/c1-8-6-19(10-4-2-3-9(17)5-10)11(20)7-18(8)12(21)13(14,15)16/h2-5,8H,6-7,17H2,1H3/t8-/m1/s1. The van der Waals surface area contributed by atoms with Gasteiger partial charge in [-0.05, 0) is 25.1 Å². The van der Waals surface area contributed by atoms with E-state index in [0.717, 1.165) is 0 Å². The molecule has 5 nitrogen and oxygen atoms in total. The summed E-state index contributed by atoms with van der Waals surface area (Å²) in [6.07, 6.45) is -4.98. The van der Waals surface area contributed by atoms with Gasteiger partial charge in [0.25, 0.3) is 0 Å². The molecule has 1 saturated heterocycles. The minimum absolute atomic E-state index is 0.00981. The van der Waals surface area contributed by atoms with Crippen molar-refractivity contribution in [2.45, 2.75) is 19.1 Å². The molecule has 0 saturated carbocycles. The highest BCUT2D eigenvalue weighted by atomic mass is 19.4. The normalized spacial score (nSPS) is 19.8. The molecule has 2 amide bonds. The summed E-state index contributed by atoms with van der Waals surface area (Å²) in [5, 5.41) is 0. The summed E-state index contributed by atoms with van der Waals surface area (Å²) in [5.41, 5.74) is 6.58. The summed E-state index contributed by atoms with van der Waals surface area (Å²) < 4.78 is 37.4. The lowest BCUT2D eigenvalue weighted by atomic mass is 10.1. The molecule has 0 radical (unpaired) electrons. The highest BCUT2D eigenvalue weighted by molar-refractivity contribution is 5.99. The van der Waals surface area contributed by atoms with Crippen molar-refractivity contribution in [1.82, 2.24) is 4.90 Å². The molecule has 1 aromatic rings. The van der Waals surface area contributed by atoms with E-state index >= 15 is 0 Å². The van der Waals surface area contributed by atoms with Crippen LogP contribution in [0.5, 0.6) is 0 Å². The number of carbonyl (C=O) groups excluding carboxylic acids is 2. The van der Waals surface area contributed by atoms with E-state index in [0.29, 0.717) is 16.3 Å². The van der Waals surface area contributed by atoms with Crippen LogP contribution in [0.4, 0.5) is 24.5 Å². The van der Waals surface area contributed by atoms with Gasteiger partial charge < -0.3 is 15.5 Å². The SMILES string of the molecule is C[C@@H]1CN(c2cccc(N)c2)C(=O)CN1C(=O)C(F)(F)F. The number of hydrogen-bond donors (Lipinski definition) is 1. The average Bonchev–Trinajstić information content (AvgIpc) is 2.39. The van der Waals surface area contributed by atoms with E-state index in [1.807, 2.05) is 0 Å². The predicted molar refractivity (Wildman–Crippen MR) is 70.4 cm³/mol. The van der Waals surface area contributed by atoms with Crippen LogP contribution in [-0.2, 0) is 9.59 Å². The third-order valence-corrected chi connectivity index (χ3v) is 3.27. The number of anilines is 2. The molecule has 0 bridgehead atoms. The average molecular weight is 301 g/mol. The van der Waals surface area contributed by atoms with Crippen molar-refractivity contribution in [3.8, 4) is 0 Å². The first-order valence-corrected chi connectivity index (χ1v) is 6.24. The molecule has 0 aliphatic carbocycles. The summed E-state index contributed by atoms with van der Waals surface area (Å²) >= 11 is 0. The Balaban J connectivity index is 2.20. The van der Waals surface area contributed by atoms with Crippen LogP contribution in [0, 0.1) is 0 Å². The molecular weight excluding hydrogens is 287 g/mol. The Hall–Kier alpha value is -2.25. The maximum absolute atomic E-state index is 12.5. The van der Waals surface area contributed by atoms with Gasteiger partial charge in [-0.2, -0.15) is 13.2 Å². The number of benzene rings is 1. The van der Waals surface area contributed by atoms with Crippen molar-refractivity contribution in [2.24, 2.45) is 0 Å². The Labute approximate surface area is 119 Å². The molecule has 114 valence electrons. The summed E-state index contributed by atoms with van der Waals surface area (Å²) in [5.74, 6) is -2.56. The van der Waals surface area contributed by atoms with Crippen LogP contribution in [0.3, 0.4) is 0 Å². The summed E-state index contributed by atoms with van der Waals surface area (Å²) in [4.78, 5) is 25.2. The number of piperazine rings is 1. The number of amides is 2. The molecular formula is C13H14F3N3O2. The zero-order valence-electron chi connectivity index (χ0n) is 11.2. The first kappa shape index (κ1) is 15.1. The lowest BCUT2D eigenvalue weighted by molar-refractivity contribution is -0.188. The summed E-state index contributed by atoms with van der Waals surface area (Å²) in [7, 11) is 0. The highest BCUT2D eigenvalue weighted by Crippen LogP contribution is 2.25. The monoisotopic (exact) mass is 301 g/mol. The second-order valence-electron chi connectivity index (χ2n) is 4.88. The van der Waals surface area contributed by atoms with E-state index in [1.165, 1.54) is 11.8 Å². The molecule has 1 atom stereocenters. The Morgan fingerprint density at radius 1 is 1.38 bits per heavy atom. The second-order valence-corrected chi connectivity index (χ2v) is 4.88. The van der Waals surface area contributed by atoms with Gasteiger partial charge >= 0.3 is 12.1 Å². The van der Waals surface area contributed by atoms with Crippen LogP contribution < -0.4 is 10.6 Å². The number of nitrogens with two attached hydrogens (primary N) is 1. The van der Waals surface area contributed by atoms with E-state index in [4.69, 9.17) is 5.73 Å². The topological polar surface area (TPSA) is 66.6 Å². The van der Waals surface area contributed by atoms with Gasteiger partial charge in [-0.15, -0.1) is 0 Å². The number of nitrogen functional groups attached to an aromatic ring is 1. The molecule has 2 N–H and O–H groups in total. The molecule has 1 aliphatic heterocycles. The summed E-state index contributed by atoms with van der Waals surface area (Å²) in [6, 6.07) is 5.75. The Kier molecular flexibility index (Phi) is 3.80. The maximum atomic E-state index is 12.5. The number of rotatable bonds is 1. The number of halogens is 3. The van der Waals surface area contributed by atoms with Crippen LogP contribution >= 0.6 is 0 Å². The van der Waals surface area contributed by atoms with Crippen LogP contribution in [0.25, 0.3) is 0 Å². The van der Waals surface area contributed by atoms with Gasteiger partial charge in [-0.1, -0.05) is 6.07 Å². The summed E-state index contributed by atoms with van der Waals surface area (Å²) in [6.45, 7) is 0.855. The fourth-order valence-electron chi connectivity index (χ4n) is 2.23. The third kappa shape index (κ3) is 3.09. The number of hydrogen-bond acceptors (Lipinski definition) is 3. The lowest BCUT2D eigenvalue weighted by Crippen LogP contribution is -2.59. The first-order chi connectivity index (χ1) is 9.70. The molecule has 0 unspecified atom stereocenters. The van der Waals surface area contributed by atoms with Crippen molar-refractivity contribution in [3.63, 3.8) is 0 Å². The van der Waals surface area contributed by atoms with Gasteiger partial charge in [-0.3, -0.25) is 9.59 Å². The smallest absolute Gasteiger partial charge is 0.399 e. The molecule has 1 heterocycles. The van der Waals surface area contributed by atoms with E-state index in [1.54, 1.807) is 24.3 Å². The van der Waals surface area contributed by atoms with Crippen molar-refractivity contribution in [2.75, 3.05) is 23.7 Å². The van der Waals surface area contributed by atoms with Crippen molar-refractivity contribution in [1.29, 1.82) is 0 Å². The van der Waals surface area contributed by atoms with E-state index in [9.17, 15) is 22.8 Å². The van der Waals surface area contributed by atoms with Gasteiger partial charge in [-0.25, -0.2) is 0 Å². The molecule has 0 aromatic heterocycles. The fraction of sp³-hybridized carbons (Fsp3) is 0.385. The Morgan fingerprint density at radius 2 is 2.05 bits per heavy atom. The maximum Gasteiger partial charge on any atom is 0.471 e. The molecule has 1 fully saturated rings. The minimum Gasteiger partial charge on any atom is -0.399 e. The molecule has 8 heteroatoms. The molecule has 1 aromatic carbocycles. The van der Waals surface area contributed by atoms with Crippen molar-refractivity contribution in [3.05, 3.63) is 24.3 Å². The minimum atomic E-state index is -4.98. The van der Waals surface area contributed by atoms with E-state index < -0.39 is 30.6 Å². The number of nitrogens with zero attached hydrogens (tertiary/aromatic N) is 2. The number of alkyl halides is 3. The van der Waals surface area contributed by atoms with Crippen LogP contribution in [0.15, 0.2) is 24.3 Å². The fourth-order valence-corrected chi connectivity index (χ4v) is 2.23. The highest BCUT2D eigenvalue weighted by Gasteiger charge is 2.46. The zero-order valence-corrected chi connectivity index (χ0v) is 11.2. The molecule has 21 heavy (non-hydrogen) atoms. The van der Waals surface area contributed by atoms with Crippen LogP contribution in [-0.4, -0.2) is 42.0 Å². The third-order valence-electron chi connectivity index (χ3n) is 3.27. The quantitative estimate of drug-likeness (QED) is 0.797. The largest absolute Gasteiger partial charge is 0.471 e. The van der Waals surface area contributed by atoms with Gasteiger partial charge in [0.1, 0.15) is 6.54 Å². The molecule has 2 rings (SSSR count). The van der Waals surface area contributed by atoms with Crippen molar-refractivity contribution >= 4 is 23.2 Å². The first-order valence-electron chi connectivity index (χ1n) is 6.24. The van der Waals surface area contributed by atoms with Gasteiger partial charge in [0.05, 0.1) is 0 Å². The van der Waals surface area contributed by atoms with E-state index in [-0.39, 0.29) is 6.54 Å². The Bertz CT molecular complexity index is 574. The molecule has 0 spiro atoms. The predicted octanol–water partition coefficient (Wildman–Crippen LogP) is 1.39.